The number of likely N-dealkylation sites (tertiary alicyclic amines) is 1. The van der Waals surface area contributed by atoms with Crippen LogP contribution >= 0.6 is 22.9 Å². The first-order valence-electron chi connectivity index (χ1n) is 7.91. The maximum atomic E-state index is 12.5. The van der Waals surface area contributed by atoms with Crippen LogP contribution in [0.15, 0.2) is 36.0 Å². The third kappa shape index (κ3) is 4.49. The predicted octanol–water partition coefficient (Wildman–Crippen LogP) is 2.58. The van der Waals surface area contributed by atoms with Gasteiger partial charge >= 0.3 is 0 Å². The lowest BCUT2D eigenvalue weighted by Gasteiger charge is -2.38. The van der Waals surface area contributed by atoms with E-state index in [0.717, 1.165) is 0 Å². The number of rotatable bonds is 5. The zero-order chi connectivity index (χ0) is 17.8. The van der Waals surface area contributed by atoms with Gasteiger partial charge in [-0.3, -0.25) is 14.6 Å². The molecule has 1 saturated heterocycles. The molecule has 0 unspecified atom stereocenters. The quantitative estimate of drug-likeness (QED) is 0.865. The molecule has 1 aromatic carbocycles. The minimum Gasteiger partial charge on any atom is -0.490 e. The Kier molecular flexibility index (Phi) is 5.55. The Bertz CT molecular complexity index is 753. The van der Waals surface area contributed by atoms with E-state index in [1.54, 1.807) is 28.7 Å². The summed E-state index contributed by atoms with van der Waals surface area (Å²) < 4.78 is 6.03. The van der Waals surface area contributed by atoms with Gasteiger partial charge in [0, 0.05) is 36.9 Å². The number of hydrogen-bond acceptors (Lipinski definition) is 5. The zero-order valence-corrected chi connectivity index (χ0v) is 15.0. The lowest BCUT2D eigenvalue weighted by atomic mass is 9.91. The number of nitrogens with two attached hydrogens (primary N) is 1. The van der Waals surface area contributed by atoms with Gasteiger partial charge in [-0.1, -0.05) is 17.7 Å². The van der Waals surface area contributed by atoms with Crippen molar-refractivity contribution in [1.29, 1.82) is 0 Å². The minimum atomic E-state index is -0.406. The predicted molar refractivity (Wildman–Crippen MR) is 95.8 cm³/mol. The Balaban J connectivity index is 1.72. The first kappa shape index (κ1) is 17.7. The molecule has 2 atom stereocenters. The number of hydrogen-bond donors (Lipinski definition) is 1. The second kappa shape index (κ2) is 7.84. The lowest BCUT2D eigenvalue weighted by Crippen LogP contribution is -2.48. The Morgan fingerprint density at radius 1 is 1.44 bits per heavy atom. The molecule has 1 fully saturated rings. The molecule has 0 bridgehead atoms. The van der Waals surface area contributed by atoms with Crippen LogP contribution in [0.3, 0.4) is 0 Å². The van der Waals surface area contributed by atoms with E-state index < -0.39 is 5.91 Å². The molecule has 0 aliphatic carbocycles. The van der Waals surface area contributed by atoms with Crippen LogP contribution in [0.2, 0.25) is 5.02 Å². The number of primary amides is 1. The SMILES string of the molecule is NC(=O)C[C@H]1CN(C(=O)c2cncs2)CC[C@@H]1Oc1cccc(Cl)c1. The number of piperidine rings is 1. The number of thiazole rings is 1. The van der Waals surface area contributed by atoms with E-state index in [4.69, 9.17) is 22.1 Å². The van der Waals surface area contributed by atoms with Crippen LogP contribution in [0.25, 0.3) is 0 Å². The van der Waals surface area contributed by atoms with Gasteiger partial charge in [-0.15, -0.1) is 11.3 Å². The maximum Gasteiger partial charge on any atom is 0.265 e. The van der Waals surface area contributed by atoms with Crippen molar-refractivity contribution in [1.82, 2.24) is 9.88 Å². The summed E-state index contributed by atoms with van der Waals surface area (Å²) in [4.78, 5) is 30.3. The molecule has 2 N–H and O–H groups in total. The van der Waals surface area contributed by atoms with E-state index in [2.05, 4.69) is 4.98 Å². The first-order valence-corrected chi connectivity index (χ1v) is 9.17. The summed E-state index contributed by atoms with van der Waals surface area (Å²) in [5, 5.41) is 0.585. The summed E-state index contributed by atoms with van der Waals surface area (Å²) in [7, 11) is 0. The fourth-order valence-electron chi connectivity index (χ4n) is 3.00. The van der Waals surface area contributed by atoms with E-state index >= 15 is 0 Å². The van der Waals surface area contributed by atoms with Crippen molar-refractivity contribution in [2.45, 2.75) is 18.9 Å². The maximum absolute atomic E-state index is 12.5. The van der Waals surface area contributed by atoms with Crippen LogP contribution in [0.4, 0.5) is 0 Å². The van der Waals surface area contributed by atoms with E-state index in [1.807, 2.05) is 12.1 Å². The number of carbonyl (C=O) groups is 2. The summed E-state index contributed by atoms with van der Waals surface area (Å²) >= 11 is 7.30. The monoisotopic (exact) mass is 379 g/mol. The number of aromatic nitrogens is 1. The Morgan fingerprint density at radius 2 is 2.28 bits per heavy atom. The molecule has 0 saturated carbocycles. The van der Waals surface area contributed by atoms with Crippen molar-refractivity contribution in [3.05, 3.63) is 45.9 Å². The molecular weight excluding hydrogens is 362 g/mol. The number of ether oxygens (including phenoxy) is 1. The molecule has 1 aromatic heterocycles. The van der Waals surface area contributed by atoms with Crippen LogP contribution < -0.4 is 10.5 Å². The Labute approximate surface area is 154 Å². The van der Waals surface area contributed by atoms with Crippen molar-refractivity contribution >= 4 is 34.8 Å². The molecule has 8 heteroatoms. The summed E-state index contributed by atoms with van der Waals surface area (Å²) in [5.41, 5.74) is 7.02. The summed E-state index contributed by atoms with van der Waals surface area (Å²) in [6.07, 6.45) is 2.15. The highest BCUT2D eigenvalue weighted by molar-refractivity contribution is 7.11. The molecular formula is C17H18ClN3O3S. The molecule has 2 heterocycles. The van der Waals surface area contributed by atoms with Crippen LogP contribution in [-0.2, 0) is 4.79 Å². The van der Waals surface area contributed by atoms with Gasteiger partial charge in [0.15, 0.2) is 0 Å². The summed E-state index contributed by atoms with van der Waals surface area (Å²) in [6.45, 7) is 0.974. The molecule has 2 aromatic rings. The van der Waals surface area contributed by atoms with E-state index in [0.29, 0.717) is 35.2 Å². The molecule has 3 rings (SSSR count). The van der Waals surface area contributed by atoms with E-state index in [1.165, 1.54) is 11.3 Å². The molecule has 0 spiro atoms. The second-order valence-electron chi connectivity index (χ2n) is 5.95. The average molecular weight is 380 g/mol. The van der Waals surface area contributed by atoms with E-state index in [-0.39, 0.29) is 24.3 Å². The van der Waals surface area contributed by atoms with Gasteiger partial charge in [-0.25, -0.2) is 0 Å². The van der Waals surface area contributed by atoms with Gasteiger partial charge in [0.1, 0.15) is 16.7 Å². The smallest absolute Gasteiger partial charge is 0.265 e. The highest BCUT2D eigenvalue weighted by Crippen LogP contribution is 2.28. The molecule has 132 valence electrons. The lowest BCUT2D eigenvalue weighted by molar-refractivity contribution is -0.120. The number of nitrogens with zero attached hydrogens (tertiary/aromatic N) is 2. The van der Waals surface area contributed by atoms with Crippen molar-refractivity contribution in [2.75, 3.05) is 13.1 Å². The van der Waals surface area contributed by atoms with Crippen LogP contribution in [-0.4, -0.2) is 40.9 Å². The summed E-state index contributed by atoms with van der Waals surface area (Å²) in [6, 6.07) is 7.13. The summed E-state index contributed by atoms with van der Waals surface area (Å²) in [5.74, 6) is 0.00580. The Hall–Kier alpha value is -2.12. The van der Waals surface area contributed by atoms with Crippen molar-refractivity contribution in [3.63, 3.8) is 0 Å². The topological polar surface area (TPSA) is 85.5 Å². The van der Waals surface area contributed by atoms with Crippen molar-refractivity contribution < 1.29 is 14.3 Å². The average Bonchev–Trinajstić information content (AvgIpc) is 3.10. The van der Waals surface area contributed by atoms with Gasteiger partial charge < -0.3 is 15.4 Å². The van der Waals surface area contributed by atoms with Gasteiger partial charge in [0.05, 0.1) is 11.7 Å². The number of amides is 2. The normalized spacial score (nSPS) is 20.3. The van der Waals surface area contributed by atoms with Crippen LogP contribution in [0.1, 0.15) is 22.5 Å². The molecule has 1 aliphatic heterocycles. The second-order valence-corrected chi connectivity index (χ2v) is 7.27. The molecule has 0 radical (unpaired) electrons. The van der Waals surface area contributed by atoms with Crippen molar-refractivity contribution in [3.8, 4) is 5.75 Å². The van der Waals surface area contributed by atoms with Gasteiger partial charge in [0.25, 0.3) is 5.91 Å². The molecule has 6 nitrogen and oxygen atoms in total. The minimum absolute atomic E-state index is 0.0711. The molecule has 25 heavy (non-hydrogen) atoms. The zero-order valence-electron chi connectivity index (χ0n) is 13.4. The van der Waals surface area contributed by atoms with Crippen LogP contribution in [0, 0.1) is 5.92 Å². The van der Waals surface area contributed by atoms with Gasteiger partial charge in [0.2, 0.25) is 5.91 Å². The van der Waals surface area contributed by atoms with E-state index in [9.17, 15) is 9.59 Å². The largest absolute Gasteiger partial charge is 0.490 e. The molecule has 2 amide bonds. The number of halogens is 1. The Morgan fingerprint density at radius 3 is 2.96 bits per heavy atom. The number of carbonyl (C=O) groups excluding carboxylic acids is 2. The highest BCUT2D eigenvalue weighted by atomic mass is 35.5. The molecule has 1 aliphatic rings. The van der Waals surface area contributed by atoms with Crippen LogP contribution in [0.5, 0.6) is 5.75 Å². The van der Waals surface area contributed by atoms with Gasteiger partial charge in [-0.05, 0) is 18.2 Å². The third-order valence-electron chi connectivity index (χ3n) is 4.14. The first-order chi connectivity index (χ1) is 12.0. The fourth-order valence-corrected chi connectivity index (χ4v) is 3.76. The standard InChI is InChI=1S/C17H18ClN3O3S/c18-12-2-1-3-13(7-12)24-14-4-5-21(9-11(14)6-16(19)22)17(23)15-8-20-10-25-15/h1-3,7-8,10-11,14H,4-6,9H2,(H2,19,22)/t11-,14-/m0/s1. The third-order valence-corrected chi connectivity index (χ3v) is 5.14. The highest BCUT2D eigenvalue weighted by Gasteiger charge is 2.34. The fraction of sp³-hybridized carbons (Fsp3) is 0.353. The van der Waals surface area contributed by atoms with Crippen molar-refractivity contribution in [2.24, 2.45) is 11.7 Å². The number of benzene rings is 1. The van der Waals surface area contributed by atoms with Gasteiger partial charge in [-0.2, -0.15) is 0 Å².